The summed E-state index contributed by atoms with van der Waals surface area (Å²) in [5, 5.41) is 0. The standard InChI is InChI=1S/C19H34N/c1-4-5-6-7-8-9-10-14-17-20(2,3)18-19-15-12-11-13-16-19/h11-13,15-16H,4-10,14,17-18H2,1-3H3/q+1. The fourth-order valence-electron chi connectivity index (χ4n) is 2.83. The molecular weight excluding hydrogens is 242 g/mol. The minimum Gasteiger partial charge on any atom is -0.325 e. The van der Waals surface area contributed by atoms with Crippen molar-refractivity contribution in [2.24, 2.45) is 0 Å². The molecule has 0 saturated heterocycles. The van der Waals surface area contributed by atoms with Gasteiger partial charge >= 0.3 is 0 Å². The fourth-order valence-corrected chi connectivity index (χ4v) is 2.83. The number of rotatable bonds is 11. The van der Waals surface area contributed by atoms with E-state index in [2.05, 4.69) is 51.4 Å². The summed E-state index contributed by atoms with van der Waals surface area (Å²) in [7, 11) is 4.71. The zero-order valence-electron chi connectivity index (χ0n) is 13.9. The van der Waals surface area contributed by atoms with Gasteiger partial charge in [0.25, 0.3) is 0 Å². The van der Waals surface area contributed by atoms with Crippen molar-refractivity contribution in [2.45, 2.75) is 64.8 Å². The molecule has 0 fully saturated rings. The summed E-state index contributed by atoms with van der Waals surface area (Å²) in [6.45, 7) is 4.73. The molecule has 1 heteroatoms. The maximum atomic E-state index is 2.36. The van der Waals surface area contributed by atoms with Crippen molar-refractivity contribution in [2.75, 3.05) is 20.6 Å². The van der Waals surface area contributed by atoms with Crippen LogP contribution < -0.4 is 0 Å². The van der Waals surface area contributed by atoms with Crippen LogP contribution in [-0.4, -0.2) is 25.1 Å². The molecule has 1 aromatic rings. The molecule has 0 unspecified atom stereocenters. The van der Waals surface area contributed by atoms with Crippen molar-refractivity contribution in [1.82, 2.24) is 0 Å². The van der Waals surface area contributed by atoms with Crippen LogP contribution in [0.4, 0.5) is 0 Å². The van der Waals surface area contributed by atoms with Crippen LogP contribution in [0.2, 0.25) is 0 Å². The van der Waals surface area contributed by atoms with Gasteiger partial charge in [-0.25, -0.2) is 0 Å². The number of hydrogen-bond acceptors (Lipinski definition) is 0. The lowest BCUT2D eigenvalue weighted by Gasteiger charge is -2.30. The predicted molar refractivity (Wildman–Crippen MR) is 89.7 cm³/mol. The number of unbranched alkanes of at least 4 members (excludes halogenated alkanes) is 7. The van der Waals surface area contributed by atoms with Gasteiger partial charge in [-0.3, -0.25) is 0 Å². The monoisotopic (exact) mass is 276 g/mol. The molecule has 0 amide bonds. The second kappa shape index (κ2) is 9.99. The molecule has 0 radical (unpaired) electrons. The summed E-state index contributed by atoms with van der Waals surface area (Å²) in [5.74, 6) is 0. The van der Waals surface area contributed by atoms with Crippen LogP contribution in [0, 0.1) is 0 Å². The smallest absolute Gasteiger partial charge is 0.104 e. The van der Waals surface area contributed by atoms with Crippen LogP contribution in [0.15, 0.2) is 30.3 Å². The van der Waals surface area contributed by atoms with Gasteiger partial charge in [-0.1, -0.05) is 75.8 Å². The Bertz CT molecular complexity index is 329. The Hall–Kier alpha value is -0.820. The van der Waals surface area contributed by atoms with Gasteiger partial charge in [0, 0.05) is 5.56 Å². The van der Waals surface area contributed by atoms with Gasteiger partial charge in [-0.15, -0.1) is 0 Å². The summed E-state index contributed by atoms with van der Waals surface area (Å²) in [4.78, 5) is 0. The summed E-state index contributed by atoms with van der Waals surface area (Å²) < 4.78 is 1.11. The Labute approximate surface area is 126 Å². The molecule has 0 atom stereocenters. The second-order valence-electron chi connectivity index (χ2n) is 6.78. The molecule has 0 aliphatic rings. The van der Waals surface area contributed by atoms with Crippen LogP contribution in [0.3, 0.4) is 0 Å². The molecule has 1 nitrogen and oxygen atoms in total. The summed E-state index contributed by atoms with van der Waals surface area (Å²) in [6, 6.07) is 10.9. The number of nitrogens with zero attached hydrogens (tertiary/aromatic N) is 1. The molecule has 0 aromatic heterocycles. The van der Waals surface area contributed by atoms with E-state index >= 15 is 0 Å². The molecule has 20 heavy (non-hydrogen) atoms. The molecule has 0 spiro atoms. The van der Waals surface area contributed by atoms with Crippen molar-refractivity contribution in [3.63, 3.8) is 0 Å². The van der Waals surface area contributed by atoms with Gasteiger partial charge in [0.05, 0.1) is 20.6 Å². The van der Waals surface area contributed by atoms with Gasteiger partial charge < -0.3 is 4.48 Å². The van der Waals surface area contributed by atoms with Gasteiger partial charge in [-0.2, -0.15) is 0 Å². The van der Waals surface area contributed by atoms with E-state index < -0.39 is 0 Å². The first kappa shape index (κ1) is 17.2. The SMILES string of the molecule is CCCCCCCCCC[N+](C)(C)Cc1ccccc1. The van der Waals surface area contributed by atoms with Crippen molar-refractivity contribution < 1.29 is 4.48 Å². The lowest BCUT2D eigenvalue weighted by Crippen LogP contribution is -2.39. The molecule has 0 heterocycles. The second-order valence-corrected chi connectivity index (χ2v) is 6.78. The average Bonchev–Trinajstić information content (AvgIpc) is 2.42. The predicted octanol–water partition coefficient (Wildman–Crippen LogP) is 5.40. The number of benzene rings is 1. The maximum Gasteiger partial charge on any atom is 0.104 e. The minimum absolute atomic E-state index is 1.11. The van der Waals surface area contributed by atoms with E-state index in [0.29, 0.717) is 0 Å². The van der Waals surface area contributed by atoms with Crippen molar-refractivity contribution in [3.8, 4) is 0 Å². The van der Waals surface area contributed by atoms with Crippen molar-refractivity contribution in [1.29, 1.82) is 0 Å². The van der Waals surface area contributed by atoms with Gasteiger partial charge in [-0.05, 0) is 12.8 Å². The Morgan fingerprint density at radius 3 is 1.90 bits per heavy atom. The topological polar surface area (TPSA) is 0 Å². The molecule has 0 saturated carbocycles. The highest BCUT2D eigenvalue weighted by atomic mass is 15.3. The van der Waals surface area contributed by atoms with Crippen LogP contribution in [0.5, 0.6) is 0 Å². The third kappa shape index (κ3) is 8.37. The molecule has 0 N–H and O–H groups in total. The molecule has 1 rings (SSSR count). The highest BCUT2D eigenvalue weighted by Gasteiger charge is 2.14. The van der Waals surface area contributed by atoms with Crippen molar-refractivity contribution >= 4 is 0 Å². The first-order valence-corrected chi connectivity index (χ1v) is 8.50. The number of quaternary nitrogens is 1. The van der Waals surface area contributed by atoms with Gasteiger partial charge in [0.1, 0.15) is 6.54 Å². The van der Waals surface area contributed by atoms with E-state index in [4.69, 9.17) is 0 Å². The van der Waals surface area contributed by atoms with Crippen LogP contribution in [0.25, 0.3) is 0 Å². The highest BCUT2D eigenvalue weighted by Crippen LogP contribution is 2.13. The number of hydrogen-bond donors (Lipinski definition) is 0. The first-order valence-electron chi connectivity index (χ1n) is 8.50. The molecular formula is C19H34N+. The van der Waals surface area contributed by atoms with E-state index in [-0.39, 0.29) is 0 Å². The van der Waals surface area contributed by atoms with E-state index in [0.717, 1.165) is 11.0 Å². The summed E-state index contributed by atoms with van der Waals surface area (Å²) in [5.41, 5.74) is 1.46. The van der Waals surface area contributed by atoms with Gasteiger partial charge in [0.2, 0.25) is 0 Å². The van der Waals surface area contributed by atoms with Crippen LogP contribution >= 0.6 is 0 Å². The summed E-state index contributed by atoms with van der Waals surface area (Å²) >= 11 is 0. The zero-order valence-corrected chi connectivity index (χ0v) is 13.9. The Kier molecular flexibility index (Phi) is 8.60. The highest BCUT2D eigenvalue weighted by molar-refractivity contribution is 5.13. The Morgan fingerprint density at radius 1 is 0.750 bits per heavy atom. The summed E-state index contributed by atoms with van der Waals surface area (Å²) in [6.07, 6.45) is 11.3. The molecule has 0 aliphatic heterocycles. The normalized spacial score (nSPS) is 11.8. The van der Waals surface area contributed by atoms with E-state index in [1.165, 1.54) is 63.5 Å². The molecule has 114 valence electrons. The molecule has 1 aromatic carbocycles. The van der Waals surface area contributed by atoms with E-state index in [9.17, 15) is 0 Å². The largest absolute Gasteiger partial charge is 0.325 e. The molecule has 0 aliphatic carbocycles. The lowest BCUT2D eigenvalue weighted by molar-refractivity contribution is -0.903. The minimum atomic E-state index is 1.11. The first-order chi connectivity index (χ1) is 9.64. The Morgan fingerprint density at radius 2 is 1.30 bits per heavy atom. The van der Waals surface area contributed by atoms with E-state index in [1.54, 1.807) is 0 Å². The average molecular weight is 276 g/mol. The van der Waals surface area contributed by atoms with Crippen molar-refractivity contribution in [3.05, 3.63) is 35.9 Å². The van der Waals surface area contributed by atoms with E-state index in [1.807, 2.05) is 0 Å². The third-order valence-electron chi connectivity index (χ3n) is 4.07. The quantitative estimate of drug-likeness (QED) is 0.375. The Balaban J connectivity index is 2.08. The van der Waals surface area contributed by atoms with Gasteiger partial charge in [0.15, 0.2) is 0 Å². The van der Waals surface area contributed by atoms with Crippen LogP contribution in [-0.2, 0) is 6.54 Å². The van der Waals surface area contributed by atoms with Crippen LogP contribution in [0.1, 0.15) is 63.9 Å². The lowest BCUT2D eigenvalue weighted by atomic mass is 10.1. The maximum absolute atomic E-state index is 2.36. The third-order valence-corrected chi connectivity index (χ3v) is 4.07. The molecule has 0 bridgehead atoms. The fraction of sp³-hybridized carbons (Fsp3) is 0.684. The zero-order chi connectivity index (χ0) is 14.7.